The van der Waals surface area contributed by atoms with Crippen LogP contribution < -0.4 is 9.64 Å². The second-order valence-electron chi connectivity index (χ2n) is 7.48. The van der Waals surface area contributed by atoms with E-state index in [1.165, 1.54) is 5.56 Å². The lowest BCUT2D eigenvalue weighted by molar-refractivity contribution is -0.122. The standard InChI is InChI=1S/C23H22N4O2/c28-23-8-10-27(23)18-11-16(13-24-14-18)20-12-22(26-21-7-2-1-6-19(20)21)29-15-17-5-3-4-9-25-17/h3-5,9,11-14H,1-2,6-8,10,15H2. The van der Waals surface area contributed by atoms with Crippen LogP contribution in [0.2, 0.25) is 0 Å². The first-order valence-corrected chi connectivity index (χ1v) is 10.1. The molecule has 0 atom stereocenters. The zero-order chi connectivity index (χ0) is 19.6. The highest BCUT2D eigenvalue weighted by Gasteiger charge is 2.26. The molecule has 0 unspecified atom stereocenters. The van der Waals surface area contributed by atoms with Crippen molar-refractivity contribution in [1.29, 1.82) is 0 Å². The summed E-state index contributed by atoms with van der Waals surface area (Å²) < 4.78 is 5.99. The van der Waals surface area contributed by atoms with Gasteiger partial charge in [0.15, 0.2) is 0 Å². The summed E-state index contributed by atoms with van der Waals surface area (Å²) in [6, 6.07) is 9.84. The Morgan fingerprint density at radius 3 is 2.79 bits per heavy atom. The van der Waals surface area contributed by atoms with Gasteiger partial charge in [-0.25, -0.2) is 4.98 Å². The smallest absolute Gasteiger partial charge is 0.228 e. The lowest BCUT2D eigenvalue weighted by Gasteiger charge is -2.30. The van der Waals surface area contributed by atoms with E-state index < -0.39 is 0 Å². The fourth-order valence-electron chi connectivity index (χ4n) is 3.95. The molecule has 29 heavy (non-hydrogen) atoms. The number of anilines is 1. The lowest BCUT2D eigenvalue weighted by Crippen LogP contribution is -2.43. The van der Waals surface area contributed by atoms with Crippen LogP contribution >= 0.6 is 0 Å². The molecule has 0 bridgehead atoms. The van der Waals surface area contributed by atoms with Crippen LogP contribution in [0.3, 0.4) is 0 Å². The van der Waals surface area contributed by atoms with Gasteiger partial charge in [0.2, 0.25) is 11.8 Å². The van der Waals surface area contributed by atoms with Crippen molar-refractivity contribution in [3.63, 3.8) is 0 Å². The number of aryl methyl sites for hydroxylation is 1. The van der Waals surface area contributed by atoms with Gasteiger partial charge in [-0.05, 0) is 55.0 Å². The van der Waals surface area contributed by atoms with E-state index in [1.807, 2.05) is 30.5 Å². The minimum Gasteiger partial charge on any atom is -0.471 e. The molecule has 4 heterocycles. The van der Waals surface area contributed by atoms with Gasteiger partial charge in [-0.1, -0.05) is 6.07 Å². The van der Waals surface area contributed by atoms with Crippen LogP contribution in [0.15, 0.2) is 48.9 Å². The van der Waals surface area contributed by atoms with Crippen LogP contribution in [0.1, 0.15) is 36.2 Å². The van der Waals surface area contributed by atoms with Gasteiger partial charge < -0.3 is 9.64 Å². The van der Waals surface area contributed by atoms with Crippen LogP contribution in [0.5, 0.6) is 5.88 Å². The fraction of sp³-hybridized carbons (Fsp3) is 0.304. The van der Waals surface area contributed by atoms with Gasteiger partial charge in [0.25, 0.3) is 0 Å². The van der Waals surface area contributed by atoms with Crippen molar-refractivity contribution in [1.82, 2.24) is 15.0 Å². The third-order valence-corrected chi connectivity index (χ3v) is 5.57. The van der Waals surface area contributed by atoms with E-state index in [0.29, 0.717) is 18.9 Å². The minimum absolute atomic E-state index is 0.153. The van der Waals surface area contributed by atoms with Crippen LogP contribution in [0.4, 0.5) is 5.69 Å². The van der Waals surface area contributed by atoms with E-state index in [0.717, 1.165) is 60.4 Å². The van der Waals surface area contributed by atoms with Crippen molar-refractivity contribution in [3.8, 4) is 17.0 Å². The molecule has 1 aliphatic heterocycles. The number of nitrogens with zero attached hydrogens (tertiary/aromatic N) is 4. The molecule has 2 aliphatic rings. The van der Waals surface area contributed by atoms with Gasteiger partial charge in [0, 0.05) is 42.7 Å². The third-order valence-electron chi connectivity index (χ3n) is 5.57. The van der Waals surface area contributed by atoms with Gasteiger partial charge in [-0.15, -0.1) is 0 Å². The molecular weight excluding hydrogens is 364 g/mol. The zero-order valence-electron chi connectivity index (χ0n) is 16.2. The fourth-order valence-corrected chi connectivity index (χ4v) is 3.95. The number of pyridine rings is 3. The van der Waals surface area contributed by atoms with Gasteiger partial charge >= 0.3 is 0 Å². The van der Waals surface area contributed by atoms with Crippen molar-refractivity contribution < 1.29 is 9.53 Å². The second-order valence-corrected chi connectivity index (χ2v) is 7.48. The summed E-state index contributed by atoms with van der Waals surface area (Å²) in [7, 11) is 0. The summed E-state index contributed by atoms with van der Waals surface area (Å²) in [6.45, 7) is 1.14. The summed E-state index contributed by atoms with van der Waals surface area (Å²) in [5.41, 5.74) is 6.22. The van der Waals surface area contributed by atoms with E-state index in [-0.39, 0.29) is 5.91 Å². The van der Waals surface area contributed by atoms with Crippen LogP contribution in [-0.4, -0.2) is 27.4 Å². The first kappa shape index (κ1) is 17.8. The molecule has 6 nitrogen and oxygen atoms in total. The number of fused-ring (bicyclic) bond motifs is 1. The maximum atomic E-state index is 11.8. The van der Waals surface area contributed by atoms with Crippen molar-refractivity contribution >= 4 is 11.6 Å². The Morgan fingerprint density at radius 2 is 2.00 bits per heavy atom. The highest BCUT2D eigenvalue weighted by atomic mass is 16.5. The highest BCUT2D eigenvalue weighted by molar-refractivity contribution is 5.99. The molecule has 0 spiro atoms. The lowest BCUT2D eigenvalue weighted by atomic mass is 9.89. The molecular formula is C23H22N4O2. The molecule has 1 fully saturated rings. The number of β-lactam (4-membered cyclic amide) rings is 1. The number of carbonyl (C=O) groups is 1. The predicted octanol–water partition coefficient (Wildman–Crippen LogP) is 3.73. The van der Waals surface area contributed by atoms with Gasteiger partial charge in [0.1, 0.15) is 6.61 Å². The Morgan fingerprint density at radius 1 is 1.07 bits per heavy atom. The predicted molar refractivity (Wildman–Crippen MR) is 110 cm³/mol. The SMILES string of the molecule is O=C1CCN1c1cncc(-c2cc(OCc3ccccn3)nc3c2CCCC3)c1. The van der Waals surface area contributed by atoms with Gasteiger partial charge in [0.05, 0.1) is 17.6 Å². The molecule has 5 rings (SSSR count). The summed E-state index contributed by atoms with van der Waals surface area (Å²) in [6.07, 6.45) is 10.3. The Labute approximate surface area is 169 Å². The Kier molecular flexibility index (Phi) is 4.68. The molecule has 0 aromatic carbocycles. The number of rotatable bonds is 5. The molecule has 1 aliphatic carbocycles. The topological polar surface area (TPSA) is 68.2 Å². The van der Waals surface area contributed by atoms with E-state index in [2.05, 4.69) is 16.0 Å². The average Bonchev–Trinajstić information content (AvgIpc) is 2.77. The molecule has 3 aromatic heterocycles. The van der Waals surface area contributed by atoms with Gasteiger partial charge in [-0.2, -0.15) is 0 Å². The van der Waals surface area contributed by atoms with E-state index in [1.54, 1.807) is 17.3 Å². The largest absolute Gasteiger partial charge is 0.471 e. The molecule has 6 heteroatoms. The monoisotopic (exact) mass is 386 g/mol. The summed E-state index contributed by atoms with van der Waals surface area (Å²) in [5.74, 6) is 0.761. The number of aromatic nitrogens is 3. The van der Waals surface area contributed by atoms with Gasteiger partial charge in [-0.3, -0.25) is 14.8 Å². The molecule has 0 saturated carbocycles. The Bertz CT molecular complexity index is 1050. The molecule has 3 aromatic rings. The van der Waals surface area contributed by atoms with Crippen LogP contribution in [-0.2, 0) is 24.2 Å². The Balaban J connectivity index is 1.50. The van der Waals surface area contributed by atoms with E-state index >= 15 is 0 Å². The molecule has 146 valence electrons. The molecule has 0 radical (unpaired) electrons. The highest BCUT2D eigenvalue weighted by Crippen LogP contribution is 2.35. The summed E-state index contributed by atoms with van der Waals surface area (Å²) in [4.78, 5) is 27.1. The van der Waals surface area contributed by atoms with E-state index in [4.69, 9.17) is 9.72 Å². The number of carbonyl (C=O) groups excluding carboxylic acids is 1. The minimum atomic E-state index is 0.153. The van der Waals surface area contributed by atoms with Crippen molar-refractivity contribution in [2.75, 3.05) is 11.4 Å². The third kappa shape index (κ3) is 3.58. The molecule has 1 saturated heterocycles. The second kappa shape index (κ2) is 7.62. The summed E-state index contributed by atoms with van der Waals surface area (Å²) in [5, 5.41) is 0. The van der Waals surface area contributed by atoms with Crippen molar-refractivity contribution in [2.24, 2.45) is 0 Å². The number of hydrogen-bond donors (Lipinski definition) is 0. The summed E-state index contributed by atoms with van der Waals surface area (Å²) >= 11 is 0. The normalized spacial score (nSPS) is 15.6. The molecule has 1 amide bonds. The first-order chi connectivity index (χ1) is 14.3. The maximum absolute atomic E-state index is 11.8. The number of hydrogen-bond acceptors (Lipinski definition) is 5. The van der Waals surface area contributed by atoms with E-state index in [9.17, 15) is 4.79 Å². The average molecular weight is 386 g/mol. The number of ether oxygens (including phenoxy) is 1. The number of amides is 1. The van der Waals surface area contributed by atoms with Crippen LogP contribution in [0, 0.1) is 0 Å². The Hall–Kier alpha value is -3.28. The van der Waals surface area contributed by atoms with Crippen molar-refractivity contribution in [2.45, 2.75) is 38.7 Å². The zero-order valence-corrected chi connectivity index (χ0v) is 16.2. The maximum Gasteiger partial charge on any atom is 0.228 e. The van der Waals surface area contributed by atoms with Crippen molar-refractivity contribution in [3.05, 3.63) is 65.9 Å². The van der Waals surface area contributed by atoms with Crippen LogP contribution in [0.25, 0.3) is 11.1 Å². The quantitative estimate of drug-likeness (QED) is 0.625. The first-order valence-electron chi connectivity index (χ1n) is 10.1. The molecule has 0 N–H and O–H groups in total.